The third kappa shape index (κ3) is 2.06. The van der Waals surface area contributed by atoms with Crippen molar-refractivity contribution < 1.29 is 4.39 Å². The fourth-order valence-electron chi connectivity index (χ4n) is 1.47. The predicted molar refractivity (Wildman–Crippen MR) is 59.2 cm³/mol. The molecule has 4 heteroatoms. The molecule has 82 valence electrons. The number of aromatic nitrogens is 2. The Bertz CT molecular complexity index is 485. The molecule has 0 bridgehead atoms. The minimum atomic E-state index is -0.392. The van der Waals surface area contributed by atoms with Crippen molar-refractivity contribution in [1.82, 2.24) is 9.97 Å². The van der Waals surface area contributed by atoms with E-state index in [0.717, 1.165) is 11.1 Å². The topological polar surface area (TPSA) is 51.8 Å². The standard InChI is InChI=1S/C12H12FN3/c1-8-2-3-9(4-11(8)13)12(14)10-5-15-7-16-6-10/h2-7,12H,14H2,1H3. The SMILES string of the molecule is Cc1ccc(C(N)c2cncnc2)cc1F. The highest BCUT2D eigenvalue weighted by atomic mass is 19.1. The molecule has 0 aliphatic carbocycles. The van der Waals surface area contributed by atoms with Crippen molar-refractivity contribution in [2.75, 3.05) is 0 Å². The maximum Gasteiger partial charge on any atom is 0.126 e. The summed E-state index contributed by atoms with van der Waals surface area (Å²) < 4.78 is 13.4. The molecule has 0 saturated carbocycles. The highest BCUT2D eigenvalue weighted by Gasteiger charge is 2.10. The first kappa shape index (κ1) is 10.7. The van der Waals surface area contributed by atoms with Gasteiger partial charge in [-0.2, -0.15) is 0 Å². The largest absolute Gasteiger partial charge is 0.320 e. The fourth-order valence-corrected chi connectivity index (χ4v) is 1.47. The fraction of sp³-hybridized carbons (Fsp3) is 0.167. The van der Waals surface area contributed by atoms with Gasteiger partial charge in [-0.3, -0.25) is 0 Å². The van der Waals surface area contributed by atoms with Gasteiger partial charge in [0.05, 0.1) is 6.04 Å². The number of rotatable bonds is 2. The van der Waals surface area contributed by atoms with Crippen LogP contribution in [0.25, 0.3) is 0 Å². The molecule has 1 unspecified atom stereocenters. The second-order valence-corrected chi connectivity index (χ2v) is 3.66. The second kappa shape index (κ2) is 4.37. The van der Waals surface area contributed by atoms with Crippen molar-refractivity contribution in [3.63, 3.8) is 0 Å². The van der Waals surface area contributed by atoms with E-state index in [2.05, 4.69) is 9.97 Å². The summed E-state index contributed by atoms with van der Waals surface area (Å²) in [5.74, 6) is -0.246. The molecule has 0 fully saturated rings. The highest BCUT2D eigenvalue weighted by molar-refractivity contribution is 5.31. The van der Waals surface area contributed by atoms with Crippen LogP contribution in [0.2, 0.25) is 0 Å². The monoisotopic (exact) mass is 217 g/mol. The Morgan fingerprint density at radius 1 is 1.19 bits per heavy atom. The summed E-state index contributed by atoms with van der Waals surface area (Å²) in [6.07, 6.45) is 4.71. The smallest absolute Gasteiger partial charge is 0.126 e. The maximum absolute atomic E-state index is 13.4. The average molecular weight is 217 g/mol. The molecular formula is C12H12FN3. The molecule has 0 amide bonds. The molecule has 0 radical (unpaired) electrons. The van der Waals surface area contributed by atoms with Gasteiger partial charge in [-0.1, -0.05) is 12.1 Å². The summed E-state index contributed by atoms with van der Waals surface area (Å²) >= 11 is 0. The van der Waals surface area contributed by atoms with Gasteiger partial charge in [-0.15, -0.1) is 0 Å². The van der Waals surface area contributed by atoms with E-state index >= 15 is 0 Å². The zero-order valence-electron chi connectivity index (χ0n) is 8.89. The highest BCUT2D eigenvalue weighted by Crippen LogP contribution is 2.20. The van der Waals surface area contributed by atoms with Gasteiger partial charge in [-0.25, -0.2) is 14.4 Å². The summed E-state index contributed by atoms with van der Waals surface area (Å²) in [5, 5.41) is 0. The molecule has 3 nitrogen and oxygen atoms in total. The number of hydrogen-bond acceptors (Lipinski definition) is 3. The van der Waals surface area contributed by atoms with Crippen LogP contribution in [0.1, 0.15) is 22.7 Å². The summed E-state index contributed by atoms with van der Waals surface area (Å²) in [5.41, 5.74) is 8.09. The lowest BCUT2D eigenvalue weighted by Gasteiger charge is -2.12. The van der Waals surface area contributed by atoms with E-state index in [9.17, 15) is 4.39 Å². The Hall–Kier alpha value is -1.81. The van der Waals surface area contributed by atoms with Crippen molar-refractivity contribution in [1.29, 1.82) is 0 Å². The Morgan fingerprint density at radius 3 is 2.50 bits per heavy atom. The number of hydrogen-bond donors (Lipinski definition) is 1. The van der Waals surface area contributed by atoms with Crippen LogP contribution in [0.4, 0.5) is 4.39 Å². The number of aryl methyl sites for hydroxylation is 1. The normalized spacial score (nSPS) is 12.4. The molecule has 1 atom stereocenters. The van der Waals surface area contributed by atoms with Gasteiger partial charge in [0.1, 0.15) is 12.1 Å². The second-order valence-electron chi connectivity index (χ2n) is 3.66. The first-order chi connectivity index (χ1) is 7.68. The molecule has 0 aliphatic rings. The lowest BCUT2D eigenvalue weighted by molar-refractivity contribution is 0.614. The predicted octanol–water partition coefficient (Wildman–Crippen LogP) is 1.97. The minimum Gasteiger partial charge on any atom is -0.320 e. The number of nitrogens with zero attached hydrogens (tertiary/aromatic N) is 2. The number of nitrogens with two attached hydrogens (primary N) is 1. The van der Waals surface area contributed by atoms with Crippen LogP contribution in [0.15, 0.2) is 36.9 Å². The van der Waals surface area contributed by atoms with Crippen LogP contribution >= 0.6 is 0 Å². The molecule has 16 heavy (non-hydrogen) atoms. The summed E-state index contributed by atoms with van der Waals surface area (Å²) in [6, 6.07) is 4.59. The molecule has 2 aromatic rings. The first-order valence-corrected chi connectivity index (χ1v) is 4.95. The zero-order valence-corrected chi connectivity index (χ0v) is 8.89. The Balaban J connectivity index is 2.34. The van der Waals surface area contributed by atoms with E-state index in [1.54, 1.807) is 25.4 Å². The van der Waals surface area contributed by atoms with Gasteiger partial charge >= 0.3 is 0 Å². The first-order valence-electron chi connectivity index (χ1n) is 4.95. The Labute approximate surface area is 93.2 Å². The lowest BCUT2D eigenvalue weighted by Crippen LogP contribution is -2.12. The van der Waals surface area contributed by atoms with Gasteiger partial charge in [0, 0.05) is 18.0 Å². The third-order valence-electron chi connectivity index (χ3n) is 2.49. The van der Waals surface area contributed by atoms with Crippen molar-refractivity contribution in [3.05, 3.63) is 59.4 Å². The van der Waals surface area contributed by atoms with E-state index in [4.69, 9.17) is 5.73 Å². The zero-order chi connectivity index (χ0) is 11.5. The van der Waals surface area contributed by atoms with Gasteiger partial charge < -0.3 is 5.73 Å². The lowest BCUT2D eigenvalue weighted by atomic mass is 10.0. The molecule has 0 saturated heterocycles. The van der Waals surface area contributed by atoms with E-state index in [1.165, 1.54) is 12.4 Å². The summed E-state index contributed by atoms with van der Waals surface area (Å²) in [7, 11) is 0. The van der Waals surface area contributed by atoms with Crippen LogP contribution in [-0.4, -0.2) is 9.97 Å². The van der Waals surface area contributed by atoms with Crippen LogP contribution in [-0.2, 0) is 0 Å². The van der Waals surface area contributed by atoms with Gasteiger partial charge in [0.2, 0.25) is 0 Å². The summed E-state index contributed by atoms with van der Waals surface area (Å²) in [4.78, 5) is 7.77. The quantitative estimate of drug-likeness (QED) is 0.836. The van der Waals surface area contributed by atoms with Crippen LogP contribution < -0.4 is 5.73 Å². The summed E-state index contributed by atoms with van der Waals surface area (Å²) in [6.45, 7) is 1.72. The van der Waals surface area contributed by atoms with E-state index in [0.29, 0.717) is 5.56 Å². The van der Waals surface area contributed by atoms with Crippen molar-refractivity contribution in [2.45, 2.75) is 13.0 Å². The van der Waals surface area contributed by atoms with Gasteiger partial charge in [-0.05, 0) is 24.1 Å². The van der Waals surface area contributed by atoms with Gasteiger partial charge in [0.25, 0.3) is 0 Å². The van der Waals surface area contributed by atoms with E-state index in [-0.39, 0.29) is 5.82 Å². The molecule has 1 aromatic heterocycles. The van der Waals surface area contributed by atoms with Crippen molar-refractivity contribution in [2.24, 2.45) is 5.73 Å². The molecule has 2 rings (SSSR count). The maximum atomic E-state index is 13.4. The Kier molecular flexibility index (Phi) is 2.92. The minimum absolute atomic E-state index is 0.246. The van der Waals surface area contributed by atoms with Crippen LogP contribution in [0.5, 0.6) is 0 Å². The van der Waals surface area contributed by atoms with Crippen LogP contribution in [0, 0.1) is 12.7 Å². The Morgan fingerprint density at radius 2 is 1.88 bits per heavy atom. The third-order valence-corrected chi connectivity index (χ3v) is 2.49. The molecule has 0 aliphatic heterocycles. The molecule has 1 aromatic carbocycles. The van der Waals surface area contributed by atoms with E-state index < -0.39 is 6.04 Å². The molecule has 0 spiro atoms. The number of benzene rings is 1. The number of halogens is 1. The molecular weight excluding hydrogens is 205 g/mol. The average Bonchev–Trinajstić information content (AvgIpc) is 2.33. The van der Waals surface area contributed by atoms with Crippen LogP contribution in [0.3, 0.4) is 0 Å². The van der Waals surface area contributed by atoms with Crippen molar-refractivity contribution >= 4 is 0 Å². The van der Waals surface area contributed by atoms with Gasteiger partial charge in [0.15, 0.2) is 0 Å². The van der Waals surface area contributed by atoms with E-state index in [1.807, 2.05) is 6.07 Å². The van der Waals surface area contributed by atoms with Crippen molar-refractivity contribution in [3.8, 4) is 0 Å². The molecule has 2 N–H and O–H groups in total. The molecule has 1 heterocycles.